The summed E-state index contributed by atoms with van der Waals surface area (Å²) in [4.78, 5) is 11.4. The molecule has 0 spiro atoms. The van der Waals surface area contributed by atoms with Gasteiger partial charge in [0.15, 0.2) is 11.6 Å². The van der Waals surface area contributed by atoms with E-state index < -0.39 is 10.7 Å². The number of nitro benzene ring substituents is 1. The number of nitro groups is 1. The van der Waals surface area contributed by atoms with Crippen molar-refractivity contribution >= 4 is 22.7 Å². The fraction of sp³-hybridized carbons (Fsp3) is 0.231. The third-order valence-electron chi connectivity index (χ3n) is 2.87. The number of aryl methyl sites for hydroxylation is 1. The molecule has 5 nitrogen and oxygen atoms in total. The van der Waals surface area contributed by atoms with Crippen molar-refractivity contribution in [3.8, 4) is 5.75 Å². The highest BCUT2D eigenvalue weighted by Gasteiger charge is 2.19. The number of rotatable bonds is 5. The van der Waals surface area contributed by atoms with Gasteiger partial charge in [-0.3, -0.25) is 10.1 Å². The van der Waals surface area contributed by atoms with E-state index in [-0.39, 0.29) is 17.1 Å². The molecule has 0 saturated carbocycles. The minimum Gasteiger partial charge on any atom is -0.494 e. The molecule has 0 atom stereocenters. The highest BCUT2D eigenvalue weighted by atomic mass is 32.1. The summed E-state index contributed by atoms with van der Waals surface area (Å²) in [6, 6.07) is 4.14. The molecule has 2 rings (SSSR count). The van der Waals surface area contributed by atoms with Crippen LogP contribution in [0.15, 0.2) is 23.6 Å². The number of thiophene rings is 1. The van der Waals surface area contributed by atoms with E-state index in [4.69, 9.17) is 4.74 Å². The van der Waals surface area contributed by atoms with Crippen LogP contribution in [0.3, 0.4) is 0 Å². The van der Waals surface area contributed by atoms with Crippen molar-refractivity contribution in [2.24, 2.45) is 0 Å². The maximum atomic E-state index is 13.5. The van der Waals surface area contributed by atoms with Gasteiger partial charge in [0, 0.05) is 17.5 Å². The standard InChI is InChI=1S/C13H13FN2O3S/c1-8-3-4-20-13(8)7-15-10-6-12(19-2)9(14)5-11(10)16(17)18/h3-6,15H,7H2,1-2H3. The molecule has 0 saturated heterocycles. The van der Waals surface area contributed by atoms with Gasteiger partial charge >= 0.3 is 0 Å². The Labute approximate surface area is 119 Å². The number of benzene rings is 1. The van der Waals surface area contributed by atoms with Gasteiger partial charge in [0.1, 0.15) is 5.69 Å². The van der Waals surface area contributed by atoms with Gasteiger partial charge in [-0.25, -0.2) is 4.39 Å². The highest BCUT2D eigenvalue weighted by molar-refractivity contribution is 7.10. The van der Waals surface area contributed by atoms with E-state index in [0.29, 0.717) is 6.54 Å². The molecule has 1 heterocycles. The zero-order chi connectivity index (χ0) is 14.7. The maximum Gasteiger partial charge on any atom is 0.295 e. The summed E-state index contributed by atoms with van der Waals surface area (Å²) in [6.45, 7) is 2.41. The molecule has 2 aromatic rings. The molecule has 1 N–H and O–H groups in total. The van der Waals surface area contributed by atoms with E-state index in [1.807, 2.05) is 18.4 Å². The van der Waals surface area contributed by atoms with Crippen LogP contribution in [0, 0.1) is 22.9 Å². The highest BCUT2D eigenvalue weighted by Crippen LogP contribution is 2.32. The van der Waals surface area contributed by atoms with Crippen molar-refractivity contribution in [2.75, 3.05) is 12.4 Å². The Morgan fingerprint density at radius 2 is 2.25 bits per heavy atom. The second-order valence-electron chi connectivity index (χ2n) is 4.14. The summed E-state index contributed by atoms with van der Waals surface area (Å²) < 4.78 is 18.4. The molecule has 106 valence electrons. The summed E-state index contributed by atoms with van der Waals surface area (Å²) in [5.41, 5.74) is 1.04. The molecule has 0 bridgehead atoms. The molecule has 0 aliphatic heterocycles. The van der Waals surface area contributed by atoms with E-state index in [0.717, 1.165) is 16.5 Å². The molecular formula is C13H13FN2O3S. The van der Waals surface area contributed by atoms with E-state index in [9.17, 15) is 14.5 Å². The molecule has 0 aliphatic carbocycles. The summed E-state index contributed by atoms with van der Waals surface area (Å²) >= 11 is 1.56. The third-order valence-corrected chi connectivity index (χ3v) is 3.90. The van der Waals surface area contributed by atoms with Crippen LogP contribution >= 0.6 is 11.3 Å². The van der Waals surface area contributed by atoms with Gasteiger partial charge in [0.05, 0.1) is 18.1 Å². The van der Waals surface area contributed by atoms with Gasteiger partial charge in [0.25, 0.3) is 5.69 Å². The lowest BCUT2D eigenvalue weighted by Crippen LogP contribution is -2.04. The summed E-state index contributed by atoms with van der Waals surface area (Å²) in [5, 5.41) is 15.9. The first-order chi connectivity index (χ1) is 9.52. The second kappa shape index (κ2) is 5.87. The van der Waals surface area contributed by atoms with Gasteiger partial charge in [0.2, 0.25) is 0 Å². The number of anilines is 1. The van der Waals surface area contributed by atoms with Crippen molar-refractivity contribution in [3.63, 3.8) is 0 Å². The van der Waals surface area contributed by atoms with Crippen molar-refractivity contribution in [1.29, 1.82) is 0 Å². The molecule has 0 fully saturated rings. The SMILES string of the molecule is COc1cc(NCc2sccc2C)c([N+](=O)[O-])cc1F. The lowest BCUT2D eigenvalue weighted by molar-refractivity contribution is -0.384. The van der Waals surface area contributed by atoms with Crippen molar-refractivity contribution in [3.05, 3.63) is 50.0 Å². The van der Waals surface area contributed by atoms with Gasteiger partial charge in [-0.2, -0.15) is 0 Å². The van der Waals surface area contributed by atoms with E-state index >= 15 is 0 Å². The molecule has 0 amide bonds. The molecule has 0 aliphatic rings. The molecule has 1 aromatic carbocycles. The van der Waals surface area contributed by atoms with E-state index in [1.54, 1.807) is 11.3 Å². The fourth-order valence-electron chi connectivity index (χ4n) is 1.75. The van der Waals surface area contributed by atoms with Gasteiger partial charge in [-0.05, 0) is 23.9 Å². The molecule has 1 aromatic heterocycles. The summed E-state index contributed by atoms with van der Waals surface area (Å²) in [7, 11) is 1.32. The Hall–Kier alpha value is -2.15. The molecule has 7 heteroatoms. The third kappa shape index (κ3) is 2.88. The van der Waals surface area contributed by atoms with Crippen molar-refractivity contribution in [1.82, 2.24) is 0 Å². The largest absolute Gasteiger partial charge is 0.494 e. The molecule has 20 heavy (non-hydrogen) atoms. The number of nitrogens with zero attached hydrogens (tertiary/aromatic N) is 1. The Bertz CT molecular complexity index is 643. The smallest absolute Gasteiger partial charge is 0.295 e. The minimum absolute atomic E-state index is 0.0269. The number of halogens is 1. The number of hydrogen-bond acceptors (Lipinski definition) is 5. The monoisotopic (exact) mass is 296 g/mol. The molecule has 0 unspecified atom stereocenters. The topological polar surface area (TPSA) is 64.4 Å². The minimum atomic E-state index is -0.753. The lowest BCUT2D eigenvalue weighted by atomic mass is 10.2. The quantitative estimate of drug-likeness (QED) is 0.674. The Balaban J connectivity index is 2.29. The van der Waals surface area contributed by atoms with Crippen molar-refractivity contribution < 1.29 is 14.1 Å². The summed E-state index contributed by atoms with van der Waals surface area (Å²) in [6.07, 6.45) is 0. The van der Waals surface area contributed by atoms with Crippen LogP contribution in [-0.4, -0.2) is 12.0 Å². The normalized spacial score (nSPS) is 10.3. The second-order valence-corrected chi connectivity index (χ2v) is 5.14. The number of hydrogen-bond donors (Lipinski definition) is 1. The zero-order valence-corrected chi connectivity index (χ0v) is 11.8. The van der Waals surface area contributed by atoms with E-state index in [1.165, 1.54) is 13.2 Å². The number of methoxy groups -OCH3 is 1. The first kappa shape index (κ1) is 14.3. The number of nitrogens with one attached hydrogen (secondary N) is 1. The molecular weight excluding hydrogens is 283 g/mol. The van der Waals surface area contributed by atoms with Crippen LogP contribution < -0.4 is 10.1 Å². The first-order valence-electron chi connectivity index (χ1n) is 5.81. The van der Waals surface area contributed by atoms with Crippen LogP contribution in [0.1, 0.15) is 10.4 Å². The summed E-state index contributed by atoms with van der Waals surface area (Å²) in [5.74, 6) is -0.780. The predicted octanol–water partition coefficient (Wildman–Crippen LogP) is 3.72. The van der Waals surface area contributed by atoms with Crippen LogP contribution in [0.4, 0.5) is 15.8 Å². The zero-order valence-electron chi connectivity index (χ0n) is 11.0. The Morgan fingerprint density at radius 1 is 1.50 bits per heavy atom. The average molecular weight is 296 g/mol. The predicted molar refractivity (Wildman–Crippen MR) is 76.0 cm³/mol. The average Bonchev–Trinajstić information content (AvgIpc) is 2.82. The van der Waals surface area contributed by atoms with E-state index in [2.05, 4.69) is 5.32 Å². The van der Waals surface area contributed by atoms with Gasteiger partial charge < -0.3 is 10.1 Å². The Kier molecular flexibility index (Phi) is 4.19. The fourth-order valence-corrected chi connectivity index (χ4v) is 2.60. The van der Waals surface area contributed by atoms with Gasteiger partial charge in [-0.1, -0.05) is 0 Å². The van der Waals surface area contributed by atoms with Crippen LogP contribution in [0.25, 0.3) is 0 Å². The van der Waals surface area contributed by atoms with Crippen LogP contribution in [0.5, 0.6) is 5.75 Å². The number of ether oxygens (including phenoxy) is 1. The maximum absolute atomic E-state index is 13.5. The lowest BCUT2D eigenvalue weighted by Gasteiger charge is -2.09. The van der Waals surface area contributed by atoms with Crippen molar-refractivity contribution in [2.45, 2.75) is 13.5 Å². The first-order valence-corrected chi connectivity index (χ1v) is 6.69. The Morgan fingerprint density at radius 3 is 2.80 bits per heavy atom. The molecule has 0 radical (unpaired) electrons. The van der Waals surface area contributed by atoms with Crippen LogP contribution in [-0.2, 0) is 6.54 Å². The van der Waals surface area contributed by atoms with Crippen LogP contribution in [0.2, 0.25) is 0 Å². The van der Waals surface area contributed by atoms with Gasteiger partial charge in [-0.15, -0.1) is 11.3 Å².